The molecule has 2 nitrogen and oxygen atoms in total. The normalized spacial score (nSPS) is 12.8. The van der Waals surface area contributed by atoms with Crippen LogP contribution in [0.5, 0.6) is 0 Å². The Kier molecular flexibility index (Phi) is 7.16. The molecule has 0 saturated carbocycles. The molecule has 0 radical (unpaired) electrons. The number of Topliss-reactive ketones (excluding diaryl/α,β-unsaturated/α-hetero) is 1. The van der Waals surface area contributed by atoms with Crippen LogP contribution in [0.1, 0.15) is 33.1 Å². The van der Waals surface area contributed by atoms with Gasteiger partial charge in [0, 0.05) is 5.92 Å². The van der Waals surface area contributed by atoms with Crippen LogP contribution in [0.4, 0.5) is 0 Å². The van der Waals surface area contributed by atoms with E-state index >= 15 is 0 Å². The zero-order chi connectivity index (χ0) is 9.40. The van der Waals surface area contributed by atoms with E-state index in [1.54, 1.807) is 6.92 Å². The summed E-state index contributed by atoms with van der Waals surface area (Å²) in [5, 5.41) is 3.27. The summed E-state index contributed by atoms with van der Waals surface area (Å²) in [4.78, 5) is 10.8. The van der Waals surface area contributed by atoms with Crippen molar-refractivity contribution in [3.05, 3.63) is 0 Å². The minimum atomic E-state index is 0.256. The first kappa shape index (κ1) is 11.7. The van der Waals surface area contributed by atoms with Crippen LogP contribution in [0.25, 0.3) is 0 Å². The van der Waals surface area contributed by atoms with Crippen molar-refractivity contribution in [2.24, 2.45) is 5.92 Å². The summed E-state index contributed by atoms with van der Waals surface area (Å²) < 4.78 is 0. The van der Waals surface area contributed by atoms with Crippen LogP contribution < -0.4 is 5.32 Å². The molecule has 1 N–H and O–H groups in total. The quantitative estimate of drug-likeness (QED) is 0.445. The summed E-state index contributed by atoms with van der Waals surface area (Å²) in [7, 11) is 2.11. The largest absolute Gasteiger partial charge is 0.325 e. The third kappa shape index (κ3) is 6.41. The SMILES string of the molecule is BCNCCCC[C@H](C)C(C)=O. The number of carbonyl (C=O) groups excluding carboxylic acids is 1. The summed E-state index contributed by atoms with van der Waals surface area (Å²) in [6.45, 7) is 4.77. The standard InChI is InChI=1S/C9H20BNO/c1-8(9(2)12)5-3-4-6-11-7-10/h8,11H,3-7,10H2,1-2H3/t8-/m0/s1. The van der Waals surface area contributed by atoms with Crippen LogP contribution in [-0.2, 0) is 4.79 Å². The van der Waals surface area contributed by atoms with Crippen LogP contribution in [0, 0.1) is 5.92 Å². The Hall–Kier alpha value is -0.305. The molecule has 12 heavy (non-hydrogen) atoms. The van der Waals surface area contributed by atoms with E-state index < -0.39 is 0 Å². The molecule has 0 heterocycles. The van der Waals surface area contributed by atoms with Crippen molar-refractivity contribution in [3.63, 3.8) is 0 Å². The monoisotopic (exact) mass is 169 g/mol. The van der Waals surface area contributed by atoms with Crippen LogP contribution in [0.2, 0.25) is 0 Å². The maximum absolute atomic E-state index is 10.8. The van der Waals surface area contributed by atoms with Gasteiger partial charge < -0.3 is 5.32 Å². The molecule has 1 atom stereocenters. The number of hydrogen-bond acceptors (Lipinski definition) is 2. The van der Waals surface area contributed by atoms with Crippen molar-refractivity contribution >= 4 is 13.6 Å². The Labute approximate surface area is 76.5 Å². The molecule has 0 aromatic rings. The van der Waals surface area contributed by atoms with Gasteiger partial charge >= 0.3 is 0 Å². The van der Waals surface area contributed by atoms with Gasteiger partial charge in [0.25, 0.3) is 0 Å². The van der Waals surface area contributed by atoms with Crippen LogP contribution in [0.15, 0.2) is 0 Å². The van der Waals surface area contributed by atoms with Crippen molar-refractivity contribution in [2.75, 3.05) is 13.0 Å². The third-order valence-electron chi connectivity index (χ3n) is 2.18. The van der Waals surface area contributed by atoms with E-state index in [0.717, 1.165) is 25.8 Å². The van der Waals surface area contributed by atoms with Crippen LogP contribution in [0.3, 0.4) is 0 Å². The molecule has 3 heteroatoms. The number of nitrogens with one attached hydrogen (secondary N) is 1. The van der Waals surface area contributed by atoms with Gasteiger partial charge in [-0.05, 0) is 32.8 Å². The highest BCUT2D eigenvalue weighted by Gasteiger charge is 2.05. The fourth-order valence-electron chi connectivity index (χ4n) is 1.08. The molecule has 0 bridgehead atoms. The van der Waals surface area contributed by atoms with Gasteiger partial charge in [-0.1, -0.05) is 13.3 Å². The fourth-order valence-corrected chi connectivity index (χ4v) is 1.08. The number of ketones is 1. The van der Waals surface area contributed by atoms with E-state index in [1.165, 1.54) is 6.42 Å². The summed E-state index contributed by atoms with van der Waals surface area (Å²) in [5.41, 5.74) is 0. The topological polar surface area (TPSA) is 29.1 Å². The summed E-state index contributed by atoms with van der Waals surface area (Å²) in [6.07, 6.45) is 4.43. The fraction of sp³-hybridized carbons (Fsp3) is 0.889. The molecule has 0 rings (SSSR count). The molecule has 0 aliphatic carbocycles. The van der Waals surface area contributed by atoms with Gasteiger partial charge in [-0.25, -0.2) is 0 Å². The first-order chi connectivity index (χ1) is 5.68. The molecular formula is C9H20BNO. The van der Waals surface area contributed by atoms with Gasteiger partial charge in [-0.2, -0.15) is 0 Å². The summed E-state index contributed by atoms with van der Waals surface area (Å²) in [6, 6.07) is 0. The first-order valence-electron chi connectivity index (χ1n) is 4.89. The van der Waals surface area contributed by atoms with Crippen molar-refractivity contribution in [1.29, 1.82) is 0 Å². The number of hydrogen-bond donors (Lipinski definition) is 1. The third-order valence-corrected chi connectivity index (χ3v) is 2.18. The molecule has 0 fully saturated rings. The smallest absolute Gasteiger partial charge is 0.132 e. The first-order valence-corrected chi connectivity index (χ1v) is 4.89. The molecular weight excluding hydrogens is 149 g/mol. The van der Waals surface area contributed by atoms with E-state index in [2.05, 4.69) is 13.2 Å². The highest BCUT2D eigenvalue weighted by Crippen LogP contribution is 2.07. The minimum Gasteiger partial charge on any atom is -0.325 e. The number of carbonyl (C=O) groups is 1. The van der Waals surface area contributed by atoms with Gasteiger partial charge in [0.2, 0.25) is 0 Å². The summed E-state index contributed by atoms with van der Waals surface area (Å²) in [5.74, 6) is 0.574. The molecule has 0 aromatic heterocycles. The van der Waals surface area contributed by atoms with Crippen molar-refractivity contribution in [3.8, 4) is 0 Å². The maximum Gasteiger partial charge on any atom is 0.132 e. The molecule has 0 unspecified atom stereocenters. The van der Waals surface area contributed by atoms with E-state index in [4.69, 9.17) is 0 Å². The average molecular weight is 169 g/mol. The predicted molar refractivity (Wildman–Crippen MR) is 55.1 cm³/mol. The molecule has 0 spiro atoms. The molecule has 0 aromatic carbocycles. The average Bonchev–Trinajstić information content (AvgIpc) is 2.03. The zero-order valence-electron chi connectivity index (χ0n) is 8.52. The molecule has 0 aliphatic heterocycles. The van der Waals surface area contributed by atoms with Gasteiger partial charge in [0.05, 0.1) is 0 Å². The zero-order valence-corrected chi connectivity index (χ0v) is 8.52. The number of unbranched alkanes of at least 4 members (excludes halogenated alkanes) is 1. The van der Waals surface area contributed by atoms with E-state index in [9.17, 15) is 4.79 Å². The number of rotatable bonds is 7. The van der Waals surface area contributed by atoms with E-state index in [-0.39, 0.29) is 5.92 Å². The Bertz CT molecular complexity index is 128. The Morgan fingerprint density at radius 2 is 2.17 bits per heavy atom. The lowest BCUT2D eigenvalue weighted by molar-refractivity contribution is -0.120. The molecule has 70 valence electrons. The summed E-state index contributed by atoms with van der Waals surface area (Å²) >= 11 is 0. The Morgan fingerprint density at radius 3 is 2.67 bits per heavy atom. The molecule has 0 amide bonds. The second-order valence-corrected chi connectivity index (χ2v) is 3.36. The van der Waals surface area contributed by atoms with Crippen molar-refractivity contribution in [2.45, 2.75) is 33.1 Å². The maximum atomic E-state index is 10.8. The van der Waals surface area contributed by atoms with Gasteiger partial charge in [-0.15, -0.1) is 0 Å². The highest BCUT2D eigenvalue weighted by atomic mass is 16.1. The lowest BCUT2D eigenvalue weighted by Crippen LogP contribution is -2.16. The molecule has 0 aliphatic rings. The van der Waals surface area contributed by atoms with Crippen molar-refractivity contribution < 1.29 is 4.79 Å². The second kappa shape index (κ2) is 7.35. The van der Waals surface area contributed by atoms with E-state index in [0.29, 0.717) is 5.78 Å². The van der Waals surface area contributed by atoms with Crippen LogP contribution in [-0.4, -0.2) is 26.6 Å². The Balaban J connectivity index is 3.14. The Morgan fingerprint density at radius 1 is 1.50 bits per heavy atom. The lowest BCUT2D eigenvalue weighted by atomic mass is 10.0. The van der Waals surface area contributed by atoms with E-state index in [1.807, 2.05) is 6.92 Å². The minimum absolute atomic E-state index is 0.256. The van der Waals surface area contributed by atoms with Gasteiger partial charge in [0.1, 0.15) is 13.6 Å². The second-order valence-electron chi connectivity index (χ2n) is 3.36. The van der Waals surface area contributed by atoms with Gasteiger partial charge in [0.15, 0.2) is 0 Å². The van der Waals surface area contributed by atoms with Gasteiger partial charge in [-0.3, -0.25) is 4.79 Å². The molecule has 0 saturated heterocycles. The lowest BCUT2D eigenvalue weighted by Gasteiger charge is -2.06. The predicted octanol–water partition coefficient (Wildman–Crippen LogP) is 0.562. The highest BCUT2D eigenvalue weighted by molar-refractivity contribution is 6.08. The van der Waals surface area contributed by atoms with Crippen LogP contribution >= 0.6 is 0 Å². The van der Waals surface area contributed by atoms with Crippen molar-refractivity contribution in [1.82, 2.24) is 5.32 Å².